The van der Waals surface area contributed by atoms with Crippen LogP contribution in [-0.2, 0) is 17.1 Å². The van der Waals surface area contributed by atoms with Gasteiger partial charge in [-0.05, 0) is 37.2 Å². The monoisotopic (exact) mass is 338 g/mol. The summed E-state index contributed by atoms with van der Waals surface area (Å²) in [4.78, 5) is 0.339. The molecule has 0 spiro atoms. The Kier molecular flexibility index (Phi) is 4.16. The van der Waals surface area contributed by atoms with Crippen LogP contribution < -0.4 is 0 Å². The smallest absolute Gasteiger partial charge is 0.243 e. The first-order chi connectivity index (χ1) is 10.5. The van der Waals surface area contributed by atoms with Crippen LogP contribution >= 0.6 is 12.2 Å². The lowest BCUT2D eigenvalue weighted by atomic mass is 9.99. The van der Waals surface area contributed by atoms with Gasteiger partial charge < -0.3 is 4.57 Å². The molecule has 3 rings (SSSR count). The molecule has 22 heavy (non-hydrogen) atoms. The average molecular weight is 338 g/mol. The Morgan fingerprint density at radius 1 is 1.32 bits per heavy atom. The van der Waals surface area contributed by atoms with Gasteiger partial charge in [-0.3, -0.25) is 5.10 Å². The van der Waals surface area contributed by atoms with E-state index in [1.165, 1.54) is 0 Å². The van der Waals surface area contributed by atoms with Crippen LogP contribution in [0.1, 0.15) is 24.6 Å². The van der Waals surface area contributed by atoms with E-state index in [0.717, 1.165) is 18.7 Å². The highest BCUT2D eigenvalue weighted by atomic mass is 32.2. The second kappa shape index (κ2) is 5.94. The van der Waals surface area contributed by atoms with E-state index in [1.54, 1.807) is 28.6 Å². The fourth-order valence-electron chi connectivity index (χ4n) is 2.84. The van der Waals surface area contributed by atoms with E-state index in [1.807, 2.05) is 17.7 Å². The predicted octanol–water partition coefficient (Wildman–Crippen LogP) is 2.05. The van der Waals surface area contributed by atoms with Crippen molar-refractivity contribution in [3.05, 3.63) is 40.9 Å². The normalized spacial score (nSPS) is 20.1. The number of benzene rings is 1. The van der Waals surface area contributed by atoms with Gasteiger partial charge >= 0.3 is 0 Å². The lowest BCUT2D eigenvalue weighted by molar-refractivity contribution is 0.306. The van der Waals surface area contributed by atoms with Crippen LogP contribution in [0, 0.1) is 4.77 Å². The van der Waals surface area contributed by atoms with Gasteiger partial charge in [0.05, 0.1) is 4.90 Å². The molecule has 0 aliphatic carbocycles. The number of sulfonamides is 1. The Labute approximate surface area is 134 Å². The molecule has 2 aromatic rings. The zero-order valence-electron chi connectivity index (χ0n) is 12.3. The number of nitrogens with zero attached hydrogens (tertiary/aromatic N) is 3. The first-order valence-corrected chi connectivity index (χ1v) is 9.01. The number of piperidine rings is 1. The van der Waals surface area contributed by atoms with Crippen LogP contribution in [0.5, 0.6) is 0 Å². The molecule has 1 aliphatic rings. The molecule has 1 fully saturated rings. The van der Waals surface area contributed by atoms with Crippen molar-refractivity contribution in [3.8, 4) is 0 Å². The third-order valence-corrected chi connectivity index (χ3v) is 6.29. The number of hydrogen-bond donors (Lipinski definition) is 1. The van der Waals surface area contributed by atoms with Crippen LogP contribution in [0.15, 0.2) is 35.2 Å². The minimum Gasteiger partial charge on any atom is -0.307 e. The zero-order chi connectivity index (χ0) is 15.7. The van der Waals surface area contributed by atoms with Gasteiger partial charge in [0.1, 0.15) is 5.82 Å². The lowest BCUT2D eigenvalue weighted by Crippen LogP contribution is -2.39. The zero-order valence-corrected chi connectivity index (χ0v) is 13.9. The predicted molar refractivity (Wildman–Crippen MR) is 85.6 cm³/mol. The topological polar surface area (TPSA) is 71.0 Å². The van der Waals surface area contributed by atoms with Crippen molar-refractivity contribution in [2.75, 3.05) is 13.1 Å². The van der Waals surface area contributed by atoms with Gasteiger partial charge in [0.15, 0.2) is 4.77 Å². The van der Waals surface area contributed by atoms with Gasteiger partial charge in [0, 0.05) is 26.1 Å². The largest absolute Gasteiger partial charge is 0.307 e. The Balaban J connectivity index is 1.87. The fraction of sp³-hybridized carbons (Fsp3) is 0.429. The molecule has 1 saturated heterocycles. The average Bonchev–Trinajstić information content (AvgIpc) is 2.88. The second-order valence-corrected chi connectivity index (χ2v) is 7.79. The van der Waals surface area contributed by atoms with Gasteiger partial charge in [0.2, 0.25) is 10.0 Å². The molecular weight excluding hydrogens is 320 g/mol. The first-order valence-electron chi connectivity index (χ1n) is 7.16. The summed E-state index contributed by atoms with van der Waals surface area (Å²) in [6.45, 7) is 0.979. The molecule has 2 heterocycles. The SMILES string of the molecule is Cn1c(C2CCCN(S(=O)(=O)c3ccccc3)C2)n[nH]c1=S. The summed E-state index contributed by atoms with van der Waals surface area (Å²) in [5.74, 6) is 0.878. The van der Waals surface area contributed by atoms with Crippen LogP contribution in [0.3, 0.4) is 0 Å². The maximum atomic E-state index is 12.7. The van der Waals surface area contributed by atoms with E-state index in [2.05, 4.69) is 10.2 Å². The molecule has 0 amide bonds. The number of aromatic amines is 1. The van der Waals surface area contributed by atoms with Crippen molar-refractivity contribution >= 4 is 22.2 Å². The fourth-order valence-corrected chi connectivity index (χ4v) is 4.52. The number of H-pyrrole nitrogens is 1. The molecule has 1 aromatic heterocycles. The minimum atomic E-state index is -3.45. The molecule has 118 valence electrons. The molecular formula is C14H18N4O2S2. The Hall–Kier alpha value is -1.51. The molecule has 1 aromatic carbocycles. The van der Waals surface area contributed by atoms with Crippen molar-refractivity contribution in [2.45, 2.75) is 23.7 Å². The Morgan fingerprint density at radius 3 is 2.68 bits per heavy atom. The summed E-state index contributed by atoms with van der Waals surface area (Å²) in [6, 6.07) is 8.56. The summed E-state index contributed by atoms with van der Waals surface area (Å²) in [5.41, 5.74) is 0. The number of rotatable bonds is 3. The van der Waals surface area contributed by atoms with Crippen molar-refractivity contribution in [2.24, 2.45) is 7.05 Å². The summed E-state index contributed by atoms with van der Waals surface area (Å²) < 4.78 is 29.4. The van der Waals surface area contributed by atoms with Crippen molar-refractivity contribution < 1.29 is 8.42 Å². The van der Waals surface area contributed by atoms with Crippen molar-refractivity contribution in [1.82, 2.24) is 19.1 Å². The lowest BCUT2D eigenvalue weighted by Gasteiger charge is -2.31. The van der Waals surface area contributed by atoms with Gasteiger partial charge in [-0.1, -0.05) is 18.2 Å². The summed E-state index contributed by atoms with van der Waals surface area (Å²) >= 11 is 5.14. The Bertz CT molecular complexity index is 811. The summed E-state index contributed by atoms with van der Waals surface area (Å²) in [5, 5.41) is 7.02. The molecule has 0 saturated carbocycles. The van der Waals surface area contributed by atoms with E-state index in [-0.39, 0.29) is 5.92 Å². The van der Waals surface area contributed by atoms with Crippen LogP contribution in [0.25, 0.3) is 0 Å². The van der Waals surface area contributed by atoms with Crippen molar-refractivity contribution in [1.29, 1.82) is 0 Å². The van der Waals surface area contributed by atoms with E-state index < -0.39 is 10.0 Å². The van der Waals surface area contributed by atoms with Gasteiger partial charge in [-0.15, -0.1) is 0 Å². The maximum Gasteiger partial charge on any atom is 0.243 e. The van der Waals surface area contributed by atoms with E-state index in [9.17, 15) is 8.42 Å². The molecule has 1 atom stereocenters. The standard InChI is InChI=1S/C14H18N4O2S2/c1-17-13(15-16-14(17)21)11-6-5-9-18(10-11)22(19,20)12-7-3-2-4-8-12/h2-4,7-8,11H,5-6,9-10H2,1H3,(H,16,21). The number of aromatic nitrogens is 3. The molecule has 8 heteroatoms. The van der Waals surface area contributed by atoms with Gasteiger partial charge in [0.25, 0.3) is 0 Å². The molecule has 1 N–H and O–H groups in total. The van der Waals surface area contributed by atoms with Crippen LogP contribution in [-0.4, -0.2) is 40.6 Å². The van der Waals surface area contributed by atoms with E-state index in [0.29, 0.717) is 22.8 Å². The maximum absolute atomic E-state index is 12.7. The highest BCUT2D eigenvalue weighted by molar-refractivity contribution is 7.89. The third-order valence-electron chi connectivity index (χ3n) is 4.04. The Morgan fingerprint density at radius 2 is 2.05 bits per heavy atom. The van der Waals surface area contributed by atoms with E-state index in [4.69, 9.17) is 12.2 Å². The molecule has 1 unspecified atom stereocenters. The van der Waals surface area contributed by atoms with E-state index >= 15 is 0 Å². The molecule has 0 bridgehead atoms. The summed E-state index contributed by atoms with van der Waals surface area (Å²) in [6.07, 6.45) is 1.73. The van der Waals surface area contributed by atoms with Gasteiger partial charge in [-0.2, -0.15) is 9.40 Å². The molecule has 0 radical (unpaired) electrons. The summed E-state index contributed by atoms with van der Waals surface area (Å²) in [7, 11) is -1.60. The van der Waals surface area contributed by atoms with Crippen LogP contribution in [0.2, 0.25) is 0 Å². The van der Waals surface area contributed by atoms with Crippen molar-refractivity contribution in [3.63, 3.8) is 0 Å². The number of hydrogen-bond acceptors (Lipinski definition) is 4. The minimum absolute atomic E-state index is 0.0604. The quantitative estimate of drug-likeness (QED) is 0.870. The number of nitrogens with one attached hydrogen (secondary N) is 1. The van der Waals surface area contributed by atoms with Gasteiger partial charge in [-0.25, -0.2) is 8.42 Å². The third kappa shape index (κ3) is 2.73. The molecule has 1 aliphatic heterocycles. The first kappa shape index (κ1) is 15.4. The second-order valence-electron chi connectivity index (χ2n) is 5.46. The van der Waals surface area contributed by atoms with Crippen LogP contribution in [0.4, 0.5) is 0 Å². The molecule has 6 nitrogen and oxygen atoms in total. The highest BCUT2D eigenvalue weighted by Crippen LogP contribution is 2.29. The highest BCUT2D eigenvalue weighted by Gasteiger charge is 2.32.